The highest BCUT2D eigenvalue weighted by Gasteiger charge is 2.20. The summed E-state index contributed by atoms with van der Waals surface area (Å²) in [5.74, 6) is -2.28. The molecule has 2 aromatic heterocycles. The Labute approximate surface area is 260 Å². The number of hydrogen-bond donors (Lipinski definition) is 6. The number of nitrogens with one attached hydrogen (secondary N) is 6. The highest BCUT2D eigenvalue weighted by atomic mass is 79.9. The Bertz CT molecular complexity index is 1450. The molecule has 2 heterocycles. The number of H-pyrrole nitrogens is 2. The van der Waals surface area contributed by atoms with E-state index in [9.17, 15) is 19.2 Å². The molecule has 0 aliphatic rings. The van der Waals surface area contributed by atoms with Gasteiger partial charge in [0.2, 0.25) is 0 Å². The first-order valence-electron chi connectivity index (χ1n) is 13.9. The molecule has 2 amide bonds. The number of carbonyl (C=O) groups excluding carboxylic acids is 4. The molecule has 0 atom stereocenters. The van der Waals surface area contributed by atoms with Crippen LogP contribution in [0.5, 0.6) is 0 Å². The van der Waals surface area contributed by atoms with Gasteiger partial charge < -0.3 is 31.2 Å². The molecule has 42 heavy (non-hydrogen) atoms. The second-order valence-corrected chi connectivity index (χ2v) is 11.7. The molecular weight excluding hydrogens is 668 g/mol. The quantitative estimate of drug-likeness (QED) is 0.0552. The zero-order chi connectivity index (χ0) is 29.9. The van der Waals surface area contributed by atoms with Crippen molar-refractivity contribution in [3.8, 4) is 0 Å². The number of carbonyl (C=O) groups is 4. The van der Waals surface area contributed by atoms with E-state index in [2.05, 4.69) is 63.1 Å². The van der Waals surface area contributed by atoms with Crippen LogP contribution in [0.25, 0.3) is 21.8 Å². The minimum atomic E-state index is -0.598. The van der Waals surface area contributed by atoms with Gasteiger partial charge in [-0.1, -0.05) is 44.0 Å². The van der Waals surface area contributed by atoms with Crippen LogP contribution in [0.2, 0.25) is 0 Å². The Balaban J connectivity index is 0.972. The van der Waals surface area contributed by atoms with Gasteiger partial charge in [-0.15, -0.1) is 0 Å². The van der Waals surface area contributed by atoms with Crippen molar-refractivity contribution in [2.75, 3.05) is 39.3 Å². The maximum Gasteiger partial charge on any atom is 0.292 e. The van der Waals surface area contributed by atoms with Crippen molar-refractivity contribution in [2.45, 2.75) is 25.7 Å². The van der Waals surface area contributed by atoms with Gasteiger partial charge in [0.15, 0.2) is 0 Å². The van der Waals surface area contributed by atoms with Gasteiger partial charge in [-0.2, -0.15) is 0 Å². The summed E-state index contributed by atoms with van der Waals surface area (Å²) in [4.78, 5) is 55.6. The predicted octanol–water partition coefficient (Wildman–Crippen LogP) is 4.21. The highest BCUT2D eigenvalue weighted by Crippen LogP contribution is 2.23. The van der Waals surface area contributed by atoms with E-state index >= 15 is 0 Å². The number of rotatable bonds is 17. The molecule has 4 aromatic rings. The number of aromatic amines is 2. The number of ketones is 2. The van der Waals surface area contributed by atoms with Crippen molar-refractivity contribution in [2.24, 2.45) is 0 Å². The zero-order valence-corrected chi connectivity index (χ0v) is 26.3. The highest BCUT2D eigenvalue weighted by molar-refractivity contribution is 9.10. The van der Waals surface area contributed by atoms with Gasteiger partial charge in [-0.25, -0.2) is 0 Å². The molecule has 0 fully saturated rings. The molecule has 0 spiro atoms. The van der Waals surface area contributed by atoms with E-state index in [4.69, 9.17) is 0 Å². The Hall–Kier alpha value is -3.32. The Morgan fingerprint density at radius 2 is 0.976 bits per heavy atom. The Morgan fingerprint density at radius 3 is 1.40 bits per heavy atom. The van der Waals surface area contributed by atoms with Crippen LogP contribution in [0.4, 0.5) is 0 Å². The van der Waals surface area contributed by atoms with E-state index in [1.165, 1.54) is 0 Å². The number of hydrogen-bond acceptors (Lipinski definition) is 6. The lowest BCUT2D eigenvalue weighted by atomic mass is 10.1. The molecule has 0 aliphatic heterocycles. The van der Waals surface area contributed by atoms with E-state index < -0.39 is 23.4 Å². The number of halogens is 2. The van der Waals surface area contributed by atoms with Gasteiger partial charge in [0.25, 0.3) is 23.4 Å². The van der Waals surface area contributed by atoms with Crippen LogP contribution in [-0.4, -0.2) is 72.6 Å². The molecule has 222 valence electrons. The molecule has 0 aliphatic carbocycles. The molecule has 12 heteroatoms. The monoisotopic (exact) mass is 700 g/mol. The lowest BCUT2D eigenvalue weighted by Gasteiger charge is -2.08. The summed E-state index contributed by atoms with van der Waals surface area (Å²) in [6.45, 7) is 4.07. The lowest BCUT2D eigenvalue weighted by Crippen LogP contribution is -2.33. The van der Waals surface area contributed by atoms with Gasteiger partial charge in [0.1, 0.15) is 0 Å². The molecule has 4 rings (SSSR count). The third-order valence-electron chi connectivity index (χ3n) is 6.78. The molecule has 0 saturated heterocycles. The maximum absolute atomic E-state index is 12.5. The number of unbranched alkanes of at least 4 members (excludes halogenated alkanes) is 1. The van der Waals surface area contributed by atoms with Crippen molar-refractivity contribution in [1.82, 2.24) is 31.2 Å². The first-order chi connectivity index (χ1) is 20.3. The average Bonchev–Trinajstić information content (AvgIpc) is 3.59. The fourth-order valence-electron chi connectivity index (χ4n) is 4.56. The van der Waals surface area contributed by atoms with Crippen molar-refractivity contribution >= 4 is 77.0 Å². The van der Waals surface area contributed by atoms with Gasteiger partial charge in [0, 0.05) is 56.2 Å². The second-order valence-electron chi connectivity index (χ2n) is 9.87. The smallest absolute Gasteiger partial charge is 0.292 e. The summed E-state index contributed by atoms with van der Waals surface area (Å²) in [6.07, 6.45) is 6.60. The zero-order valence-electron chi connectivity index (χ0n) is 23.1. The summed E-state index contributed by atoms with van der Waals surface area (Å²) < 4.78 is 1.79. The van der Waals surface area contributed by atoms with E-state index in [0.29, 0.717) is 24.2 Å². The van der Waals surface area contributed by atoms with E-state index in [-0.39, 0.29) is 0 Å². The number of aromatic nitrogens is 2. The fourth-order valence-corrected chi connectivity index (χ4v) is 5.28. The topological polar surface area (TPSA) is 148 Å². The summed E-state index contributed by atoms with van der Waals surface area (Å²) in [5.41, 5.74) is 2.34. The first kappa shape index (κ1) is 31.6. The number of fused-ring (bicyclic) bond motifs is 2. The molecule has 10 nitrogen and oxygen atoms in total. The van der Waals surface area contributed by atoms with Crippen LogP contribution in [0.15, 0.2) is 57.7 Å². The molecule has 0 radical (unpaired) electrons. The van der Waals surface area contributed by atoms with Crippen LogP contribution in [0.3, 0.4) is 0 Å². The summed E-state index contributed by atoms with van der Waals surface area (Å²) in [7, 11) is 0. The largest absolute Gasteiger partial charge is 0.360 e. The number of benzene rings is 2. The number of amides is 2. The van der Waals surface area contributed by atoms with Crippen molar-refractivity contribution in [3.05, 3.63) is 68.9 Å². The van der Waals surface area contributed by atoms with Gasteiger partial charge in [-0.3, -0.25) is 19.2 Å². The lowest BCUT2D eigenvalue weighted by molar-refractivity contribution is -0.117. The van der Waals surface area contributed by atoms with E-state index in [1.54, 1.807) is 12.4 Å². The third-order valence-corrected chi connectivity index (χ3v) is 7.76. The van der Waals surface area contributed by atoms with Gasteiger partial charge in [-0.05, 0) is 76.1 Å². The van der Waals surface area contributed by atoms with Crippen molar-refractivity contribution in [3.63, 3.8) is 0 Å². The van der Waals surface area contributed by atoms with Gasteiger partial charge in [0.05, 0.1) is 11.1 Å². The average molecular weight is 702 g/mol. The second kappa shape index (κ2) is 15.8. The molecule has 6 N–H and O–H groups in total. The Kier molecular flexibility index (Phi) is 11.9. The summed E-state index contributed by atoms with van der Waals surface area (Å²) in [6, 6.07) is 11.0. The van der Waals surface area contributed by atoms with Crippen LogP contribution >= 0.6 is 31.9 Å². The van der Waals surface area contributed by atoms with E-state index in [1.807, 2.05) is 36.4 Å². The molecule has 0 saturated carbocycles. The van der Waals surface area contributed by atoms with Crippen LogP contribution in [0, 0.1) is 0 Å². The number of Topliss-reactive ketones (excluding diaryl/α,β-unsaturated/α-hetero) is 2. The van der Waals surface area contributed by atoms with Gasteiger partial charge >= 0.3 is 0 Å². The Morgan fingerprint density at radius 1 is 0.571 bits per heavy atom. The van der Waals surface area contributed by atoms with E-state index in [0.717, 1.165) is 82.6 Å². The summed E-state index contributed by atoms with van der Waals surface area (Å²) in [5, 5.41) is 13.6. The molecule has 2 aromatic carbocycles. The maximum atomic E-state index is 12.5. The molecule has 0 unspecified atom stereocenters. The van der Waals surface area contributed by atoms with Crippen LogP contribution < -0.4 is 21.3 Å². The third kappa shape index (κ3) is 8.60. The minimum absolute atomic E-state index is 0.372. The molecular formula is C30H34Br2N6O4. The van der Waals surface area contributed by atoms with Crippen LogP contribution in [-0.2, 0) is 9.59 Å². The van der Waals surface area contributed by atoms with Crippen molar-refractivity contribution in [1.29, 1.82) is 0 Å². The molecule has 0 bridgehead atoms. The standard InChI is InChI=1S/C30H34Br2N6O4/c31-19-5-7-21-23(17-37-25(21)15-19)27(39)29(41)35-13-3-11-33-9-1-2-10-34-12-4-14-36-30(42)28(40)24-18-38-26-16-20(32)6-8-22(24)26/h5-8,15-18,33-34,37-38H,1-4,9-14H2,(H,35,41)(H,36,42). The van der Waals surface area contributed by atoms with Crippen LogP contribution in [0.1, 0.15) is 46.4 Å². The predicted molar refractivity (Wildman–Crippen MR) is 171 cm³/mol. The first-order valence-corrected chi connectivity index (χ1v) is 15.5. The van der Waals surface area contributed by atoms with Crippen molar-refractivity contribution < 1.29 is 19.2 Å². The SMILES string of the molecule is O=C(NCCCNCCCCNCCCNC(=O)C(=O)c1c[nH]c2cc(Br)ccc12)C(=O)c1c[nH]c2cc(Br)ccc12. The normalized spacial score (nSPS) is 11.2. The minimum Gasteiger partial charge on any atom is -0.360 e. The summed E-state index contributed by atoms with van der Waals surface area (Å²) >= 11 is 6.79. The fraction of sp³-hybridized carbons (Fsp3) is 0.333.